The first kappa shape index (κ1) is 32.8. The Kier molecular flexibility index (Phi) is 37.3. The Morgan fingerprint density at radius 1 is 0.267 bits per heavy atom. The third kappa shape index (κ3) is 36.0. The Balaban J connectivity index is 0. The standard InChI is InChI=1S/C16H33Cl.C12H25Cl/c1-2-3-4-5-6-7-8-9-10-11-12-13-14-15-16-17;1-2-3-4-5-6-7-8-9-10-11-12-13/h2-16H2,1H3;2-12H2,1H3. The average molecular weight is 466 g/mol. The van der Waals surface area contributed by atoms with Crippen molar-refractivity contribution < 1.29 is 0 Å². The minimum atomic E-state index is 0.844. The number of hydrogen-bond acceptors (Lipinski definition) is 0. The summed E-state index contributed by atoms with van der Waals surface area (Å²) in [5, 5.41) is 0. The van der Waals surface area contributed by atoms with Crippen LogP contribution in [0, 0.1) is 0 Å². The molecule has 0 atom stereocenters. The maximum atomic E-state index is 5.64. The first-order chi connectivity index (χ1) is 14.8. The predicted octanol–water partition coefficient (Wildman–Crippen LogP) is 11.9. The second-order valence-corrected chi connectivity index (χ2v) is 9.91. The molecule has 2 heteroatoms. The highest BCUT2D eigenvalue weighted by Crippen LogP contribution is 2.13. The van der Waals surface area contributed by atoms with Gasteiger partial charge in [0.2, 0.25) is 0 Å². The third-order valence-electron chi connectivity index (χ3n) is 5.97. The molecule has 0 aromatic rings. The first-order valence-corrected chi connectivity index (χ1v) is 15.0. The van der Waals surface area contributed by atoms with Gasteiger partial charge in [0.1, 0.15) is 0 Å². The summed E-state index contributed by atoms with van der Waals surface area (Å²) in [7, 11) is 0. The topological polar surface area (TPSA) is 0 Å². The lowest BCUT2D eigenvalue weighted by molar-refractivity contribution is 0.538. The van der Waals surface area contributed by atoms with E-state index in [0.29, 0.717) is 0 Å². The Bertz CT molecular complexity index is 231. The molecule has 0 radical (unpaired) electrons. The lowest BCUT2D eigenvalue weighted by Crippen LogP contribution is -1.83. The Labute approximate surface area is 202 Å². The third-order valence-corrected chi connectivity index (χ3v) is 6.51. The lowest BCUT2D eigenvalue weighted by atomic mass is 10.0. The van der Waals surface area contributed by atoms with Gasteiger partial charge in [0.05, 0.1) is 0 Å². The zero-order chi connectivity index (χ0) is 22.4. The summed E-state index contributed by atoms with van der Waals surface area (Å²) in [6.45, 7) is 4.55. The van der Waals surface area contributed by atoms with Crippen molar-refractivity contribution in [2.45, 2.75) is 168 Å². The van der Waals surface area contributed by atoms with Crippen LogP contribution >= 0.6 is 23.2 Å². The molecule has 0 aliphatic heterocycles. The number of halogens is 2. The zero-order valence-electron chi connectivity index (χ0n) is 21.1. The molecule has 0 unspecified atom stereocenters. The molecule has 0 aromatic carbocycles. The molecule has 0 saturated heterocycles. The van der Waals surface area contributed by atoms with Gasteiger partial charge in [-0.2, -0.15) is 0 Å². The number of alkyl halides is 2. The Morgan fingerprint density at radius 3 is 0.600 bits per heavy atom. The minimum Gasteiger partial charge on any atom is -0.127 e. The van der Waals surface area contributed by atoms with Gasteiger partial charge in [0, 0.05) is 11.8 Å². The zero-order valence-corrected chi connectivity index (χ0v) is 22.7. The maximum absolute atomic E-state index is 5.64. The second-order valence-electron chi connectivity index (χ2n) is 9.16. The van der Waals surface area contributed by atoms with Crippen LogP contribution in [-0.4, -0.2) is 11.8 Å². The van der Waals surface area contributed by atoms with Crippen LogP contribution in [0.1, 0.15) is 168 Å². The fraction of sp³-hybridized carbons (Fsp3) is 1.00. The smallest absolute Gasteiger partial charge is 0.0223 e. The molecule has 0 aromatic heterocycles. The minimum absolute atomic E-state index is 0.844. The predicted molar refractivity (Wildman–Crippen MR) is 144 cm³/mol. The van der Waals surface area contributed by atoms with E-state index in [-0.39, 0.29) is 0 Å². The van der Waals surface area contributed by atoms with E-state index >= 15 is 0 Å². The molecular formula is C28H58Cl2. The van der Waals surface area contributed by atoms with Gasteiger partial charge < -0.3 is 0 Å². The van der Waals surface area contributed by atoms with E-state index in [4.69, 9.17) is 23.2 Å². The quantitative estimate of drug-likeness (QED) is 0.0982. The first-order valence-electron chi connectivity index (χ1n) is 13.9. The normalized spacial score (nSPS) is 10.8. The molecule has 0 heterocycles. The van der Waals surface area contributed by atoms with Crippen molar-refractivity contribution in [3.8, 4) is 0 Å². The molecule has 0 aliphatic rings. The van der Waals surface area contributed by atoms with E-state index in [1.165, 1.54) is 154 Å². The summed E-state index contributed by atoms with van der Waals surface area (Å²) in [5.74, 6) is 1.69. The van der Waals surface area contributed by atoms with Crippen molar-refractivity contribution in [1.82, 2.24) is 0 Å². The van der Waals surface area contributed by atoms with Gasteiger partial charge in [0.25, 0.3) is 0 Å². The molecule has 0 amide bonds. The van der Waals surface area contributed by atoms with Gasteiger partial charge in [-0.15, -0.1) is 23.2 Å². The summed E-state index contributed by atoms with van der Waals surface area (Å²) in [5.41, 5.74) is 0. The van der Waals surface area contributed by atoms with Crippen LogP contribution in [0.5, 0.6) is 0 Å². The lowest BCUT2D eigenvalue weighted by Gasteiger charge is -2.02. The summed E-state index contributed by atoms with van der Waals surface area (Å²) in [6, 6.07) is 0. The van der Waals surface area contributed by atoms with Crippen molar-refractivity contribution in [2.75, 3.05) is 11.8 Å². The summed E-state index contributed by atoms with van der Waals surface area (Å²) in [4.78, 5) is 0. The molecule has 0 spiro atoms. The van der Waals surface area contributed by atoms with E-state index in [1.807, 2.05) is 0 Å². The molecular weight excluding hydrogens is 407 g/mol. The van der Waals surface area contributed by atoms with Crippen LogP contribution in [0.2, 0.25) is 0 Å². The molecule has 0 saturated carbocycles. The second kappa shape index (κ2) is 34.2. The van der Waals surface area contributed by atoms with E-state index in [2.05, 4.69) is 13.8 Å². The molecule has 0 bridgehead atoms. The van der Waals surface area contributed by atoms with E-state index in [9.17, 15) is 0 Å². The van der Waals surface area contributed by atoms with Crippen LogP contribution in [0.25, 0.3) is 0 Å². The molecule has 0 aliphatic carbocycles. The molecule has 0 nitrogen and oxygen atoms in total. The van der Waals surface area contributed by atoms with Gasteiger partial charge in [-0.25, -0.2) is 0 Å². The molecule has 0 N–H and O–H groups in total. The van der Waals surface area contributed by atoms with Gasteiger partial charge in [-0.1, -0.05) is 155 Å². The van der Waals surface area contributed by atoms with Crippen molar-refractivity contribution in [1.29, 1.82) is 0 Å². The van der Waals surface area contributed by atoms with Crippen LogP contribution in [0.3, 0.4) is 0 Å². The van der Waals surface area contributed by atoms with Gasteiger partial charge in [-0.05, 0) is 12.8 Å². The van der Waals surface area contributed by atoms with E-state index < -0.39 is 0 Å². The summed E-state index contributed by atoms with van der Waals surface area (Å²) < 4.78 is 0. The van der Waals surface area contributed by atoms with Crippen molar-refractivity contribution >= 4 is 23.2 Å². The maximum Gasteiger partial charge on any atom is 0.0223 e. The van der Waals surface area contributed by atoms with E-state index in [1.54, 1.807) is 0 Å². The molecule has 184 valence electrons. The number of rotatable bonds is 24. The highest BCUT2D eigenvalue weighted by atomic mass is 35.5. The fourth-order valence-electron chi connectivity index (χ4n) is 3.87. The summed E-state index contributed by atoms with van der Waals surface area (Å²) in [6.07, 6.45) is 33.7. The van der Waals surface area contributed by atoms with Crippen molar-refractivity contribution in [3.05, 3.63) is 0 Å². The Hall–Kier alpha value is 0.580. The Morgan fingerprint density at radius 2 is 0.433 bits per heavy atom. The monoisotopic (exact) mass is 464 g/mol. The fourth-order valence-corrected chi connectivity index (χ4v) is 4.25. The highest BCUT2D eigenvalue weighted by Gasteiger charge is 1.94. The van der Waals surface area contributed by atoms with Crippen LogP contribution in [-0.2, 0) is 0 Å². The summed E-state index contributed by atoms with van der Waals surface area (Å²) >= 11 is 11.2. The van der Waals surface area contributed by atoms with Gasteiger partial charge >= 0.3 is 0 Å². The van der Waals surface area contributed by atoms with Crippen LogP contribution in [0.4, 0.5) is 0 Å². The largest absolute Gasteiger partial charge is 0.127 e. The van der Waals surface area contributed by atoms with Crippen molar-refractivity contribution in [2.24, 2.45) is 0 Å². The molecule has 0 fully saturated rings. The number of hydrogen-bond donors (Lipinski definition) is 0. The SMILES string of the molecule is CCCCCCCCCCCCCCCCCl.CCCCCCCCCCCCCl. The number of unbranched alkanes of at least 4 members (excludes halogenated alkanes) is 22. The van der Waals surface area contributed by atoms with Gasteiger partial charge in [0.15, 0.2) is 0 Å². The molecule has 30 heavy (non-hydrogen) atoms. The van der Waals surface area contributed by atoms with Crippen LogP contribution in [0.15, 0.2) is 0 Å². The van der Waals surface area contributed by atoms with Gasteiger partial charge in [-0.3, -0.25) is 0 Å². The molecule has 0 rings (SSSR count). The highest BCUT2D eigenvalue weighted by molar-refractivity contribution is 6.18. The average Bonchev–Trinajstić information content (AvgIpc) is 2.76. The van der Waals surface area contributed by atoms with Crippen LogP contribution < -0.4 is 0 Å². The van der Waals surface area contributed by atoms with Crippen molar-refractivity contribution in [3.63, 3.8) is 0 Å². The van der Waals surface area contributed by atoms with E-state index in [0.717, 1.165) is 11.8 Å².